The Kier molecular flexibility index (Phi) is 2.15. The van der Waals surface area contributed by atoms with Gasteiger partial charge in [0.15, 0.2) is 5.65 Å². The zero-order valence-corrected chi connectivity index (χ0v) is 10.3. The zero-order valence-electron chi connectivity index (χ0n) is 10.3. The second-order valence-corrected chi connectivity index (χ2v) is 4.77. The van der Waals surface area contributed by atoms with Gasteiger partial charge >= 0.3 is 0 Å². The molecule has 2 heterocycles. The van der Waals surface area contributed by atoms with E-state index in [0.29, 0.717) is 5.92 Å². The average molecular weight is 225 g/mol. The van der Waals surface area contributed by atoms with Gasteiger partial charge in [-0.25, -0.2) is 9.97 Å². The molecular formula is C14H15N3. The van der Waals surface area contributed by atoms with Crippen LogP contribution in [0.4, 0.5) is 0 Å². The summed E-state index contributed by atoms with van der Waals surface area (Å²) in [6.45, 7) is 6.37. The monoisotopic (exact) mass is 225 g/mol. The summed E-state index contributed by atoms with van der Waals surface area (Å²) in [5.74, 6) is 1.39. The summed E-state index contributed by atoms with van der Waals surface area (Å²) in [7, 11) is 0. The predicted octanol–water partition coefficient (Wildman–Crippen LogP) is 3.54. The fourth-order valence-corrected chi connectivity index (χ4v) is 2.13. The van der Waals surface area contributed by atoms with Crippen LogP contribution in [0.1, 0.15) is 31.2 Å². The number of rotatable bonds is 1. The first kappa shape index (κ1) is 10.3. The van der Waals surface area contributed by atoms with Gasteiger partial charge in [0.25, 0.3) is 0 Å². The van der Waals surface area contributed by atoms with Crippen LogP contribution in [-0.2, 0) is 0 Å². The lowest BCUT2D eigenvalue weighted by Gasteiger charge is -2.01. The van der Waals surface area contributed by atoms with Crippen molar-refractivity contribution in [3.05, 3.63) is 35.8 Å². The van der Waals surface area contributed by atoms with Gasteiger partial charge in [0.2, 0.25) is 0 Å². The topological polar surface area (TPSA) is 41.6 Å². The van der Waals surface area contributed by atoms with Crippen LogP contribution in [0.3, 0.4) is 0 Å². The summed E-state index contributed by atoms with van der Waals surface area (Å²) < 4.78 is 0. The lowest BCUT2D eigenvalue weighted by Crippen LogP contribution is -1.88. The number of H-pyrrole nitrogens is 1. The van der Waals surface area contributed by atoms with Gasteiger partial charge in [0, 0.05) is 22.9 Å². The van der Waals surface area contributed by atoms with E-state index < -0.39 is 0 Å². The minimum absolute atomic E-state index is 0.393. The second-order valence-electron chi connectivity index (χ2n) is 4.77. The smallest absolute Gasteiger partial charge is 0.178 e. The van der Waals surface area contributed by atoms with E-state index in [-0.39, 0.29) is 0 Å². The third-order valence-corrected chi connectivity index (χ3v) is 3.16. The van der Waals surface area contributed by atoms with Gasteiger partial charge in [-0.1, -0.05) is 32.0 Å². The van der Waals surface area contributed by atoms with Gasteiger partial charge in [0.1, 0.15) is 5.82 Å². The largest absolute Gasteiger partial charge is 0.340 e. The van der Waals surface area contributed by atoms with Gasteiger partial charge in [-0.3, -0.25) is 0 Å². The highest BCUT2D eigenvalue weighted by Gasteiger charge is 2.10. The van der Waals surface area contributed by atoms with Crippen LogP contribution in [0, 0.1) is 6.92 Å². The number of aromatic nitrogens is 3. The summed E-state index contributed by atoms with van der Waals surface area (Å²) in [4.78, 5) is 12.3. The number of hydrogen-bond donors (Lipinski definition) is 1. The summed E-state index contributed by atoms with van der Waals surface area (Å²) in [5, 5.41) is 2.40. The Hall–Kier alpha value is -1.90. The van der Waals surface area contributed by atoms with Gasteiger partial charge < -0.3 is 4.98 Å². The molecule has 0 bridgehead atoms. The van der Waals surface area contributed by atoms with E-state index in [2.05, 4.69) is 53.9 Å². The van der Waals surface area contributed by atoms with E-state index in [1.54, 1.807) is 0 Å². The minimum Gasteiger partial charge on any atom is -0.340 e. The van der Waals surface area contributed by atoms with Crippen LogP contribution >= 0.6 is 0 Å². The predicted molar refractivity (Wildman–Crippen MR) is 70.2 cm³/mol. The number of hydrogen-bond acceptors (Lipinski definition) is 2. The molecule has 1 N–H and O–H groups in total. The Morgan fingerprint density at radius 3 is 2.76 bits per heavy atom. The van der Waals surface area contributed by atoms with E-state index in [0.717, 1.165) is 17.0 Å². The normalized spacial score (nSPS) is 11.8. The van der Waals surface area contributed by atoms with Crippen molar-refractivity contribution < 1.29 is 0 Å². The van der Waals surface area contributed by atoms with Crippen molar-refractivity contribution in [2.45, 2.75) is 26.7 Å². The molecule has 1 aromatic carbocycles. The van der Waals surface area contributed by atoms with Crippen molar-refractivity contribution in [3.8, 4) is 0 Å². The van der Waals surface area contributed by atoms with E-state index >= 15 is 0 Å². The quantitative estimate of drug-likeness (QED) is 0.688. The van der Waals surface area contributed by atoms with Crippen LogP contribution in [-0.4, -0.2) is 15.0 Å². The number of nitrogens with one attached hydrogen (secondary N) is 1. The number of benzene rings is 1. The standard InChI is InChI=1S/C14H15N3/c1-8(2)13-16-12-10-6-4-5-9(3)11(10)7-15-14(12)17-13/h4-8H,1-3H3,(H,15,16,17). The number of pyridine rings is 1. The zero-order chi connectivity index (χ0) is 12.0. The van der Waals surface area contributed by atoms with Gasteiger partial charge in [0.05, 0.1) is 5.52 Å². The molecule has 3 heteroatoms. The molecule has 86 valence electrons. The first-order chi connectivity index (χ1) is 8.16. The Labute approximate surface area is 99.9 Å². The molecule has 3 nitrogen and oxygen atoms in total. The van der Waals surface area contributed by atoms with Crippen molar-refractivity contribution in [2.24, 2.45) is 0 Å². The maximum Gasteiger partial charge on any atom is 0.178 e. The molecule has 0 amide bonds. The lowest BCUT2D eigenvalue weighted by atomic mass is 10.1. The van der Waals surface area contributed by atoms with Gasteiger partial charge in [-0.05, 0) is 12.5 Å². The number of nitrogens with zero attached hydrogens (tertiary/aromatic N) is 2. The molecule has 17 heavy (non-hydrogen) atoms. The molecule has 0 aliphatic carbocycles. The van der Waals surface area contributed by atoms with Crippen molar-refractivity contribution in [1.29, 1.82) is 0 Å². The molecule has 0 fully saturated rings. The molecule has 0 aliphatic rings. The van der Waals surface area contributed by atoms with E-state index in [4.69, 9.17) is 0 Å². The van der Waals surface area contributed by atoms with Crippen molar-refractivity contribution in [1.82, 2.24) is 15.0 Å². The molecule has 0 spiro atoms. The van der Waals surface area contributed by atoms with E-state index in [1.807, 2.05) is 6.20 Å². The Bertz CT molecular complexity index is 695. The number of imidazole rings is 1. The van der Waals surface area contributed by atoms with Crippen LogP contribution in [0.15, 0.2) is 24.4 Å². The second kappa shape index (κ2) is 3.55. The maximum atomic E-state index is 4.53. The van der Waals surface area contributed by atoms with E-state index in [1.165, 1.54) is 16.3 Å². The Morgan fingerprint density at radius 2 is 2.00 bits per heavy atom. The van der Waals surface area contributed by atoms with Gasteiger partial charge in [-0.15, -0.1) is 0 Å². The summed E-state index contributed by atoms with van der Waals surface area (Å²) in [6, 6.07) is 6.30. The summed E-state index contributed by atoms with van der Waals surface area (Å²) in [6.07, 6.45) is 1.91. The molecule has 3 rings (SSSR count). The highest BCUT2D eigenvalue weighted by atomic mass is 15.0. The molecular weight excluding hydrogens is 210 g/mol. The molecule has 3 aromatic rings. The molecule has 2 aromatic heterocycles. The summed E-state index contributed by atoms with van der Waals surface area (Å²) >= 11 is 0. The summed E-state index contributed by atoms with van der Waals surface area (Å²) in [5.41, 5.74) is 3.11. The van der Waals surface area contributed by atoms with E-state index in [9.17, 15) is 0 Å². The first-order valence-corrected chi connectivity index (χ1v) is 5.91. The molecule has 0 radical (unpaired) electrons. The lowest BCUT2D eigenvalue weighted by molar-refractivity contribution is 0.798. The average Bonchev–Trinajstić information content (AvgIpc) is 2.73. The third-order valence-electron chi connectivity index (χ3n) is 3.16. The fourth-order valence-electron chi connectivity index (χ4n) is 2.13. The highest BCUT2D eigenvalue weighted by molar-refractivity contribution is 6.03. The fraction of sp³-hybridized carbons (Fsp3) is 0.286. The molecule has 0 saturated heterocycles. The highest BCUT2D eigenvalue weighted by Crippen LogP contribution is 2.25. The first-order valence-electron chi connectivity index (χ1n) is 5.91. The molecule has 0 saturated carbocycles. The third kappa shape index (κ3) is 1.50. The number of fused-ring (bicyclic) bond motifs is 3. The number of aromatic amines is 1. The van der Waals surface area contributed by atoms with Crippen LogP contribution in [0.5, 0.6) is 0 Å². The van der Waals surface area contributed by atoms with Crippen molar-refractivity contribution >= 4 is 21.9 Å². The van der Waals surface area contributed by atoms with Crippen LogP contribution < -0.4 is 0 Å². The number of aryl methyl sites for hydroxylation is 1. The van der Waals surface area contributed by atoms with Crippen LogP contribution in [0.25, 0.3) is 21.9 Å². The molecule has 0 unspecified atom stereocenters. The SMILES string of the molecule is Cc1cccc2c1cnc1nc(C(C)C)[nH]c12. The molecule has 0 atom stereocenters. The Morgan fingerprint density at radius 1 is 1.18 bits per heavy atom. The van der Waals surface area contributed by atoms with Gasteiger partial charge in [-0.2, -0.15) is 0 Å². The van der Waals surface area contributed by atoms with Crippen molar-refractivity contribution in [2.75, 3.05) is 0 Å². The van der Waals surface area contributed by atoms with Crippen molar-refractivity contribution in [3.63, 3.8) is 0 Å². The Balaban J connectivity index is 2.43. The maximum absolute atomic E-state index is 4.53. The minimum atomic E-state index is 0.393. The molecule has 0 aliphatic heterocycles. The van der Waals surface area contributed by atoms with Crippen LogP contribution in [0.2, 0.25) is 0 Å².